The molecule has 1 amide bonds. The van der Waals surface area contributed by atoms with Crippen molar-refractivity contribution in [1.82, 2.24) is 14.8 Å². The van der Waals surface area contributed by atoms with E-state index in [1.807, 2.05) is 12.4 Å². The van der Waals surface area contributed by atoms with Crippen molar-refractivity contribution in [3.63, 3.8) is 0 Å². The van der Waals surface area contributed by atoms with Crippen LogP contribution in [0, 0.1) is 62.1 Å². The zero-order chi connectivity index (χ0) is 39.8. The summed E-state index contributed by atoms with van der Waals surface area (Å²) < 4.78 is 6.20. The lowest BCUT2D eigenvalue weighted by molar-refractivity contribution is -0.250. The molecule has 2 heterocycles. The summed E-state index contributed by atoms with van der Waals surface area (Å²) >= 11 is 0. The first-order valence-electron chi connectivity index (χ1n) is 21.7. The first kappa shape index (κ1) is 40.5. The number of hydrogen-bond donors (Lipinski definition) is 1. The van der Waals surface area contributed by atoms with Gasteiger partial charge in [0, 0.05) is 57.0 Å². The fourth-order valence-electron chi connectivity index (χ4n) is 14.7. The number of esters is 1. The van der Waals surface area contributed by atoms with Crippen molar-refractivity contribution in [3.05, 3.63) is 42.2 Å². The highest BCUT2D eigenvalue weighted by Crippen LogP contribution is 2.78. The summed E-state index contributed by atoms with van der Waals surface area (Å²) in [6, 6.07) is 4.18. The first-order chi connectivity index (χ1) is 25.8. The van der Waals surface area contributed by atoms with Gasteiger partial charge in [0.25, 0.3) is 0 Å². The number of rotatable bonds is 9. The number of allylic oxidation sites excluding steroid dienone is 1. The molecule has 8 nitrogen and oxygen atoms in total. The second kappa shape index (κ2) is 14.3. The number of carboxylic acid groups (broad SMARTS) is 1. The molecule has 1 aliphatic heterocycles. The third kappa shape index (κ3) is 6.70. The molecule has 55 heavy (non-hydrogen) atoms. The molecule has 5 saturated carbocycles. The number of hydrogen-bond acceptors (Lipinski definition) is 6. The van der Waals surface area contributed by atoms with E-state index in [2.05, 4.69) is 75.0 Å². The number of piperazine rings is 1. The van der Waals surface area contributed by atoms with E-state index in [0.717, 1.165) is 71.2 Å². The van der Waals surface area contributed by atoms with Gasteiger partial charge in [-0.3, -0.25) is 24.3 Å². The monoisotopic (exact) mass is 758 g/mol. The molecule has 304 valence electrons. The first-order valence-corrected chi connectivity index (χ1v) is 21.7. The highest BCUT2D eigenvalue weighted by molar-refractivity contribution is 5.81. The van der Waals surface area contributed by atoms with Gasteiger partial charge in [0.2, 0.25) is 5.91 Å². The Morgan fingerprint density at radius 2 is 1.56 bits per heavy atom. The molecule has 5 aliphatic carbocycles. The summed E-state index contributed by atoms with van der Waals surface area (Å²) in [7, 11) is 0. The van der Waals surface area contributed by atoms with Crippen molar-refractivity contribution in [2.24, 2.45) is 62.1 Å². The van der Waals surface area contributed by atoms with E-state index < -0.39 is 11.4 Å². The number of nitrogens with zero attached hydrogens (tertiary/aromatic N) is 3. The van der Waals surface area contributed by atoms with Gasteiger partial charge in [-0.05, 0) is 154 Å². The number of pyridine rings is 1. The number of fused-ring (bicyclic) bond motifs is 7. The molecule has 1 aromatic heterocycles. The molecule has 0 radical (unpaired) electrons. The third-order valence-corrected chi connectivity index (χ3v) is 18.0. The average Bonchev–Trinajstić information content (AvgIpc) is 3.50. The van der Waals surface area contributed by atoms with Crippen molar-refractivity contribution in [2.45, 2.75) is 145 Å². The number of aliphatic carboxylic acids is 1. The molecule has 1 aromatic rings. The van der Waals surface area contributed by atoms with Crippen LogP contribution in [0.1, 0.15) is 138 Å². The highest BCUT2D eigenvalue weighted by atomic mass is 16.5. The van der Waals surface area contributed by atoms with Crippen LogP contribution in [-0.2, 0) is 25.7 Å². The van der Waals surface area contributed by atoms with E-state index in [1.54, 1.807) is 13.8 Å². The normalized spacial score (nSPS) is 39.9. The Morgan fingerprint density at radius 1 is 0.873 bits per heavy atom. The molecule has 0 bridgehead atoms. The van der Waals surface area contributed by atoms with Crippen molar-refractivity contribution in [2.75, 3.05) is 26.2 Å². The molecule has 1 N–H and O–H groups in total. The molecule has 10 atom stereocenters. The van der Waals surface area contributed by atoms with Crippen LogP contribution in [0.25, 0.3) is 0 Å². The summed E-state index contributed by atoms with van der Waals surface area (Å²) in [5.74, 6) is 1.60. The number of carbonyl (C=O) groups excluding carboxylic acids is 2. The van der Waals surface area contributed by atoms with Crippen LogP contribution in [0.5, 0.6) is 0 Å². The minimum Gasteiger partial charge on any atom is -0.481 e. The summed E-state index contributed by atoms with van der Waals surface area (Å²) in [6.07, 6.45) is 15.4. The Balaban J connectivity index is 1.07. The van der Waals surface area contributed by atoms with Gasteiger partial charge >= 0.3 is 11.9 Å². The predicted octanol–water partition coefficient (Wildman–Crippen LogP) is 9.19. The molecule has 6 aliphatic rings. The second-order valence-electron chi connectivity index (χ2n) is 21.4. The van der Waals surface area contributed by atoms with Crippen LogP contribution < -0.4 is 0 Å². The van der Waals surface area contributed by atoms with Crippen molar-refractivity contribution in [1.29, 1.82) is 0 Å². The SMILES string of the molecule is C=C(C)[C@@H]1CC[C@]2(CC(=O)N3CCN(Cc4ccncc4)CC3)CC[C@]3(C)[C@H](CC[C@@H]4[C@@]5(C)CC[C@H](OC(=O)CC(C)(C)C(=O)O)C(C)(C)[C@@H]5CC[C@]43C)[C@@H]12. The van der Waals surface area contributed by atoms with Crippen LogP contribution in [0.3, 0.4) is 0 Å². The molecule has 7 rings (SSSR count). The topological polar surface area (TPSA) is 100 Å². The van der Waals surface area contributed by atoms with Gasteiger partial charge in [-0.2, -0.15) is 0 Å². The van der Waals surface area contributed by atoms with E-state index in [4.69, 9.17) is 4.74 Å². The molecule has 6 fully saturated rings. The zero-order valence-electron chi connectivity index (χ0n) is 35.4. The number of carboxylic acids is 1. The number of amides is 1. The van der Waals surface area contributed by atoms with Crippen molar-refractivity contribution < 1.29 is 24.2 Å². The maximum Gasteiger partial charge on any atom is 0.309 e. The number of carbonyl (C=O) groups is 3. The molecular weight excluding hydrogens is 687 g/mol. The molecule has 0 spiro atoms. The van der Waals surface area contributed by atoms with Crippen LogP contribution >= 0.6 is 0 Å². The lowest BCUT2D eigenvalue weighted by atomic mass is 9.32. The highest BCUT2D eigenvalue weighted by Gasteiger charge is 2.71. The van der Waals surface area contributed by atoms with Crippen molar-refractivity contribution >= 4 is 17.8 Å². The van der Waals surface area contributed by atoms with Gasteiger partial charge in [0.05, 0.1) is 11.8 Å². The van der Waals surface area contributed by atoms with E-state index >= 15 is 0 Å². The van der Waals surface area contributed by atoms with Crippen LogP contribution in [-0.4, -0.2) is 70.0 Å². The maximum atomic E-state index is 14.3. The Bertz CT molecular complexity index is 1650. The fourth-order valence-corrected chi connectivity index (χ4v) is 14.7. The average molecular weight is 758 g/mol. The van der Waals surface area contributed by atoms with Gasteiger partial charge < -0.3 is 14.7 Å². The van der Waals surface area contributed by atoms with E-state index in [-0.39, 0.29) is 45.6 Å². The number of ether oxygens (including phenoxy) is 1. The molecule has 0 unspecified atom stereocenters. The van der Waals surface area contributed by atoms with Gasteiger partial charge in [-0.1, -0.05) is 46.8 Å². The zero-order valence-corrected chi connectivity index (χ0v) is 35.4. The second-order valence-corrected chi connectivity index (χ2v) is 21.4. The van der Waals surface area contributed by atoms with Gasteiger partial charge in [0.15, 0.2) is 0 Å². The molecular formula is C47H71N3O5. The predicted molar refractivity (Wildman–Crippen MR) is 216 cm³/mol. The van der Waals surface area contributed by atoms with Crippen LogP contribution in [0.4, 0.5) is 0 Å². The van der Waals surface area contributed by atoms with Crippen molar-refractivity contribution in [3.8, 4) is 0 Å². The van der Waals surface area contributed by atoms with Crippen LogP contribution in [0.15, 0.2) is 36.7 Å². The van der Waals surface area contributed by atoms with Gasteiger partial charge in [-0.15, -0.1) is 0 Å². The Morgan fingerprint density at radius 3 is 2.22 bits per heavy atom. The smallest absolute Gasteiger partial charge is 0.309 e. The summed E-state index contributed by atoms with van der Waals surface area (Å²) in [5.41, 5.74) is 1.83. The van der Waals surface area contributed by atoms with E-state index in [0.29, 0.717) is 41.9 Å². The maximum absolute atomic E-state index is 14.3. The third-order valence-electron chi connectivity index (χ3n) is 18.0. The summed E-state index contributed by atoms with van der Waals surface area (Å²) in [6.45, 7) is 27.0. The standard InChI is InChI=1S/C47H71N3O5/c1-31(2)33-12-19-47(28-38(51)50-26-24-49(25-27-50)30-32-15-22-48-23-16-32)21-20-45(8)34(40(33)47)10-11-36-44(7)17-14-37(55-39(52)29-42(3,4)41(53)54)43(5,6)35(44)13-18-46(36,45)9/h15-16,22-23,33-37,40H,1,10-14,17-21,24-30H2,2-9H3,(H,53,54)/t33-,34+,35-,36+,37-,40+,44-,45+,46+,47+/m0/s1. The van der Waals surface area contributed by atoms with Gasteiger partial charge in [0.1, 0.15) is 6.10 Å². The quantitative estimate of drug-likeness (QED) is 0.198. The largest absolute Gasteiger partial charge is 0.481 e. The molecule has 8 heteroatoms. The fraction of sp³-hybridized carbons (Fsp3) is 0.787. The lowest BCUT2D eigenvalue weighted by Crippen LogP contribution is -2.67. The van der Waals surface area contributed by atoms with E-state index in [1.165, 1.54) is 36.8 Å². The number of aromatic nitrogens is 1. The minimum absolute atomic E-state index is 0.0580. The Hall–Kier alpha value is -2.74. The molecule has 1 saturated heterocycles. The Kier molecular flexibility index (Phi) is 10.5. The van der Waals surface area contributed by atoms with Gasteiger partial charge in [-0.25, -0.2) is 0 Å². The van der Waals surface area contributed by atoms with E-state index in [9.17, 15) is 19.5 Å². The van der Waals surface area contributed by atoms with Crippen LogP contribution in [0.2, 0.25) is 0 Å². The lowest BCUT2D eigenvalue weighted by Gasteiger charge is -2.73. The Labute approximate surface area is 331 Å². The summed E-state index contributed by atoms with van der Waals surface area (Å²) in [4.78, 5) is 48.1. The minimum atomic E-state index is -1.14. The molecule has 0 aromatic carbocycles. The summed E-state index contributed by atoms with van der Waals surface area (Å²) in [5, 5.41) is 9.64.